The highest BCUT2D eigenvalue weighted by Crippen LogP contribution is 2.53. The quantitative estimate of drug-likeness (QED) is 0.602. The molecule has 0 N–H and O–H groups in total. The fraction of sp³-hybridized carbons (Fsp3) is 0.714. The van der Waals surface area contributed by atoms with E-state index in [-0.39, 0.29) is 35.2 Å². The molecule has 2 bridgehead atoms. The van der Waals surface area contributed by atoms with E-state index in [2.05, 4.69) is 12.2 Å². The van der Waals surface area contributed by atoms with Gasteiger partial charge in [0.25, 0.3) is 0 Å². The van der Waals surface area contributed by atoms with Gasteiger partial charge in [-0.2, -0.15) is 0 Å². The van der Waals surface area contributed by atoms with Crippen molar-refractivity contribution in [3.8, 4) is 0 Å². The SMILES string of the molecule is CC1(C)O[C@H]2C(=O)[C@@H]3[C@H](C(=O)[C@@H]2O1)[C@@H]1C=C[C@H]3C1. The van der Waals surface area contributed by atoms with Gasteiger partial charge in [0.15, 0.2) is 29.6 Å². The lowest BCUT2D eigenvalue weighted by Crippen LogP contribution is -2.53. The molecule has 0 amide bonds. The van der Waals surface area contributed by atoms with Crippen molar-refractivity contribution in [3.05, 3.63) is 12.2 Å². The van der Waals surface area contributed by atoms with Gasteiger partial charge in [0.05, 0.1) is 0 Å². The first-order valence-corrected chi connectivity index (χ1v) is 6.59. The van der Waals surface area contributed by atoms with Crippen LogP contribution in [0.25, 0.3) is 0 Å². The number of rotatable bonds is 0. The van der Waals surface area contributed by atoms with Crippen LogP contribution in [-0.4, -0.2) is 29.6 Å². The van der Waals surface area contributed by atoms with Gasteiger partial charge in [-0.1, -0.05) is 12.2 Å². The summed E-state index contributed by atoms with van der Waals surface area (Å²) < 4.78 is 11.3. The van der Waals surface area contributed by atoms with Crippen molar-refractivity contribution in [2.75, 3.05) is 0 Å². The van der Waals surface area contributed by atoms with E-state index in [1.165, 1.54) is 0 Å². The molecule has 1 heterocycles. The highest BCUT2D eigenvalue weighted by molar-refractivity contribution is 6.04. The maximum atomic E-state index is 12.5. The number of fused-ring (bicyclic) bond motifs is 6. The fourth-order valence-corrected chi connectivity index (χ4v) is 4.15. The Kier molecular flexibility index (Phi) is 1.88. The van der Waals surface area contributed by atoms with Crippen LogP contribution < -0.4 is 0 Å². The normalized spacial score (nSPS) is 51.7. The lowest BCUT2D eigenvalue weighted by atomic mass is 9.70. The predicted molar refractivity (Wildman–Crippen MR) is 61.6 cm³/mol. The van der Waals surface area contributed by atoms with E-state index in [0.29, 0.717) is 0 Å². The van der Waals surface area contributed by atoms with Crippen molar-refractivity contribution in [1.82, 2.24) is 0 Å². The van der Waals surface area contributed by atoms with Crippen LogP contribution in [0.3, 0.4) is 0 Å². The minimum Gasteiger partial charge on any atom is -0.336 e. The Bertz CT molecular complexity index is 438. The van der Waals surface area contributed by atoms with E-state index in [1.807, 2.05) is 0 Å². The van der Waals surface area contributed by atoms with E-state index in [1.54, 1.807) is 13.8 Å². The molecule has 96 valence electrons. The first-order chi connectivity index (χ1) is 8.48. The lowest BCUT2D eigenvalue weighted by molar-refractivity contribution is -0.156. The Balaban J connectivity index is 1.75. The molecule has 4 aliphatic rings. The van der Waals surface area contributed by atoms with Crippen molar-refractivity contribution in [2.45, 2.75) is 38.3 Å². The third kappa shape index (κ3) is 1.18. The fourth-order valence-electron chi connectivity index (χ4n) is 4.15. The molecular formula is C14H16O4. The maximum Gasteiger partial charge on any atom is 0.169 e. The zero-order valence-electron chi connectivity index (χ0n) is 10.5. The monoisotopic (exact) mass is 248 g/mol. The van der Waals surface area contributed by atoms with Gasteiger partial charge >= 0.3 is 0 Å². The van der Waals surface area contributed by atoms with E-state index in [4.69, 9.17) is 9.47 Å². The molecule has 0 unspecified atom stereocenters. The van der Waals surface area contributed by atoms with Crippen LogP contribution in [0.4, 0.5) is 0 Å². The highest BCUT2D eigenvalue weighted by atomic mass is 16.8. The molecule has 18 heavy (non-hydrogen) atoms. The number of hydrogen-bond donors (Lipinski definition) is 0. The van der Waals surface area contributed by atoms with Crippen molar-refractivity contribution in [3.63, 3.8) is 0 Å². The van der Waals surface area contributed by atoms with Gasteiger partial charge in [-0.15, -0.1) is 0 Å². The molecule has 3 aliphatic carbocycles. The minimum absolute atomic E-state index is 0.0759. The highest BCUT2D eigenvalue weighted by Gasteiger charge is 2.63. The molecule has 4 heteroatoms. The molecule has 6 atom stereocenters. The molecule has 1 saturated heterocycles. The topological polar surface area (TPSA) is 52.6 Å². The molecule has 3 fully saturated rings. The average Bonchev–Trinajstić information content (AvgIpc) is 2.96. The Hall–Kier alpha value is -1.00. The second-order valence-corrected chi connectivity index (χ2v) is 6.28. The predicted octanol–water partition coefficient (Wildman–Crippen LogP) is 1.10. The van der Waals surface area contributed by atoms with Crippen LogP contribution in [-0.2, 0) is 19.1 Å². The summed E-state index contributed by atoms with van der Waals surface area (Å²) in [6, 6.07) is 0. The summed E-state index contributed by atoms with van der Waals surface area (Å²) in [4.78, 5) is 25.0. The van der Waals surface area contributed by atoms with E-state index < -0.39 is 18.0 Å². The smallest absolute Gasteiger partial charge is 0.169 e. The lowest BCUT2D eigenvalue weighted by Gasteiger charge is -2.34. The van der Waals surface area contributed by atoms with Gasteiger partial charge in [0.1, 0.15) is 0 Å². The Morgan fingerprint density at radius 1 is 1.00 bits per heavy atom. The van der Waals surface area contributed by atoms with E-state index in [0.717, 1.165) is 6.42 Å². The van der Waals surface area contributed by atoms with Gasteiger partial charge in [0, 0.05) is 11.8 Å². The Labute approximate surface area is 105 Å². The van der Waals surface area contributed by atoms with Crippen molar-refractivity contribution in [1.29, 1.82) is 0 Å². The number of ether oxygens (including phenoxy) is 2. The Morgan fingerprint density at radius 2 is 1.44 bits per heavy atom. The molecule has 1 aliphatic heterocycles. The number of carbonyl (C=O) groups excluding carboxylic acids is 2. The molecule has 2 saturated carbocycles. The summed E-state index contributed by atoms with van der Waals surface area (Å²) in [6.07, 6.45) is 3.77. The first kappa shape index (κ1) is 10.9. The second kappa shape index (κ2) is 3.11. The number of hydrogen-bond acceptors (Lipinski definition) is 4. The molecule has 0 spiro atoms. The number of Topliss-reactive ketones (excluding diaryl/α,β-unsaturated/α-hetero) is 2. The average molecular weight is 248 g/mol. The van der Waals surface area contributed by atoms with Gasteiger partial charge in [0.2, 0.25) is 0 Å². The summed E-state index contributed by atoms with van der Waals surface area (Å²) in [5, 5.41) is 0. The van der Waals surface area contributed by atoms with Crippen LogP contribution in [0.15, 0.2) is 12.2 Å². The number of carbonyl (C=O) groups is 2. The van der Waals surface area contributed by atoms with Crippen LogP contribution in [0.5, 0.6) is 0 Å². The first-order valence-electron chi connectivity index (χ1n) is 6.59. The largest absolute Gasteiger partial charge is 0.336 e. The van der Waals surface area contributed by atoms with Crippen LogP contribution in [0.1, 0.15) is 20.3 Å². The molecule has 4 rings (SSSR count). The van der Waals surface area contributed by atoms with Gasteiger partial charge in [-0.05, 0) is 32.1 Å². The Morgan fingerprint density at radius 3 is 1.89 bits per heavy atom. The summed E-state index contributed by atoms with van der Waals surface area (Å²) in [6.45, 7) is 3.52. The molecule has 4 nitrogen and oxygen atoms in total. The summed E-state index contributed by atoms with van der Waals surface area (Å²) >= 11 is 0. The number of allylic oxidation sites excluding steroid dienone is 2. The third-order valence-electron chi connectivity index (χ3n) is 4.77. The van der Waals surface area contributed by atoms with Crippen molar-refractivity contribution < 1.29 is 19.1 Å². The van der Waals surface area contributed by atoms with Crippen LogP contribution in [0.2, 0.25) is 0 Å². The molecule has 0 aromatic carbocycles. The van der Waals surface area contributed by atoms with Gasteiger partial charge in [-0.25, -0.2) is 0 Å². The molecule has 0 aromatic rings. The molecular weight excluding hydrogens is 232 g/mol. The van der Waals surface area contributed by atoms with E-state index in [9.17, 15) is 9.59 Å². The van der Waals surface area contributed by atoms with Gasteiger partial charge in [-0.3, -0.25) is 9.59 Å². The summed E-state index contributed by atoms with van der Waals surface area (Å²) in [7, 11) is 0. The van der Waals surface area contributed by atoms with Crippen LogP contribution >= 0.6 is 0 Å². The maximum absolute atomic E-state index is 12.5. The van der Waals surface area contributed by atoms with Crippen LogP contribution in [0, 0.1) is 23.7 Å². The van der Waals surface area contributed by atoms with Gasteiger partial charge < -0.3 is 9.47 Å². The second-order valence-electron chi connectivity index (χ2n) is 6.28. The minimum atomic E-state index is -0.828. The zero-order valence-corrected chi connectivity index (χ0v) is 10.5. The number of ketones is 2. The molecule has 0 radical (unpaired) electrons. The summed E-state index contributed by atoms with van der Waals surface area (Å²) in [5.41, 5.74) is 0. The van der Waals surface area contributed by atoms with Crippen molar-refractivity contribution in [2.24, 2.45) is 23.7 Å². The summed E-state index contributed by atoms with van der Waals surface area (Å²) in [5.74, 6) is -0.517. The molecule has 0 aromatic heterocycles. The zero-order chi connectivity index (χ0) is 12.7. The van der Waals surface area contributed by atoms with Crippen molar-refractivity contribution >= 4 is 11.6 Å². The standard InChI is InChI=1S/C14H16O4/c1-14(2)17-12-10(15)8-6-3-4-7(5-6)9(8)11(16)13(12)18-14/h3-4,6-9,12-13H,5H2,1-2H3/t6-,7+,8-,9+,12-,13-/m0/s1. The third-order valence-corrected chi connectivity index (χ3v) is 4.77. The van der Waals surface area contributed by atoms with E-state index >= 15 is 0 Å².